The topological polar surface area (TPSA) is 37.4 Å². The molecule has 0 bridgehead atoms. The van der Waals surface area contributed by atoms with Gasteiger partial charge in [0.05, 0.1) is 4.90 Å². The molecule has 1 saturated carbocycles. The Labute approximate surface area is 138 Å². The van der Waals surface area contributed by atoms with Gasteiger partial charge < -0.3 is 0 Å². The van der Waals surface area contributed by atoms with Gasteiger partial charge in [-0.2, -0.15) is 4.31 Å². The lowest BCUT2D eigenvalue weighted by Crippen LogP contribution is -2.39. The molecular formula is C14H19Br2NO2S. The zero-order valence-electron chi connectivity index (χ0n) is 11.6. The third-order valence-corrected chi connectivity index (χ3v) is 7.43. The molecule has 1 fully saturated rings. The molecule has 0 spiro atoms. The van der Waals surface area contributed by atoms with Crippen LogP contribution in [0.1, 0.15) is 32.6 Å². The third-order valence-electron chi connectivity index (χ3n) is 4.05. The summed E-state index contributed by atoms with van der Waals surface area (Å²) in [6.07, 6.45) is 4.11. The van der Waals surface area contributed by atoms with Gasteiger partial charge in [0, 0.05) is 22.0 Å². The number of sulfonamides is 1. The average Bonchev–Trinajstić information content (AvgIpc) is 2.38. The van der Waals surface area contributed by atoms with E-state index >= 15 is 0 Å². The van der Waals surface area contributed by atoms with Gasteiger partial charge in [-0.05, 0) is 65.7 Å². The average molecular weight is 425 g/mol. The molecule has 2 rings (SSSR count). The standard InChI is InChI=1S/C14H19Br2NO2S/c1-10-3-6-12(7-4-10)17(2)20(18,19)14-8-5-11(15)9-13(14)16/h5,8-10,12H,3-4,6-7H2,1-2H3. The molecule has 0 amide bonds. The molecule has 1 aliphatic carbocycles. The van der Waals surface area contributed by atoms with Gasteiger partial charge in [-0.25, -0.2) is 8.42 Å². The van der Waals surface area contributed by atoms with Crippen LogP contribution in [-0.2, 0) is 10.0 Å². The van der Waals surface area contributed by atoms with Crippen LogP contribution >= 0.6 is 31.9 Å². The van der Waals surface area contributed by atoms with Crippen molar-refractivity contribution in [3.63, 3.8) is 0 Å². The van der Waals surface area contributed by atoms with Crippen molar-refractivity contribution in [1.29, 1.82) is 0 Å². The van der Waals surface area contributed by atoms with Crippen molar-refractivity contribution in [3.8, 4) is 0 Å². The maximum absolute atomic E-state index is 12.7. The van der Waals surface area contributed by atoms with Crippen LogP contribution in [-0.4, -0.2) is 25.8 Å². The Balaban J connectivity index is 2.25. The van der Waals surface area contributed by atoms with Gasteiger partial charge in [0.2, 0.25) is 10.0 Å². The van der Waals surface area contributed by atoms with Crippen molar-refractivity contribution in [2.75, 3.05) is 7.05 Å². The highest BCUT2D eigenvalue weighted by Crippen LogP contribution is 2.32. The van der Waals surface area contributed by atoms with Gasteiger partial charge >= 0.3 is 0 Å². The van der Waals surface area contributed by atoms with Gasteiger partial charge in [0.1, 0.15) is 0 Å². The van der Waals surface area contributed by atoms with E-state index in [2.05, 4.69) is 38.8 Å². The van der Waals surface area contributed by atoms with Gasteiger partial charge in [-0.3, -0.25) is 0 Å². The highest BCUT2D eigenvalue weighted by atomic mass is 79.9. The molecule has 0 aromatic heterocycles. The minimum atomic E-state index is -3.44. The minimum Gasteiger partial charge on any atom is -0.207 e. The maximum atomic E-state index is 12.7. The fourth-order valence-corrected chi connectivity index (χ4v) is 5.76. The molecule has 112 valence electrons. The van der Waals surface area contributed by atoms with E-state index in [0.29, 0.717) is 15.3 Å². The quantitative estimate of drug-likeness (QED) is 0.720. The van der Waals surface area contributed by atoms with Crippen molar-refractivity contribution in [2.24, 2.45) is 5.92 Å². The van der Waals surface area contributed by atoms with E-state index in [1.807, 2.05) is 0 Å². The predicted octanol–water partition coefficient (Wildman–Crippen LogP) is 4.41. The Morgan fingerprint density at radius 3 is 2.30 bits per heavy atom. The normalized spacial score (nSPS) is 24.1. The van der Waals surface area contributed by atoms with Crippen molar-refractivity contribution < 1.29 is 8.42 Å². The summed E-state index contributed by atoms with van der Waals surface area (Å²) in [6, 6.07) is 5.29. The summed E-state index contributed by atoms with van der Waals surface area (Å²) in [5.74, 6) is 0.710. The Bertz CT molecular complexity index is 581. The molecule has 6 heteroatoms. The molecule has 0 atom stereocenters. The molecular weight excluding hydrogens is 406 g/mol. The first-order chi connectivity index (χ1) is 9.32. The van der Waals surface area contributed by atoms with E-state index in [0.717, 1.165) is 30.2 Å². The van der Waals surface area contributed by atoms with Crippen LogP contribution in [0.2, 0.25) is 0 Å². The van der Waals surface area contributed by atoms with Gasteiger partial charge in [-0.1, -0.05) is 22.9 Å². The van der Waals surface area contributed by atoms with E-state index < -0.39 is 10.0 Å². The van der Waals surface area contributed by atoms with Crippen LogP contribution in [0.3, 0.4) is 0 Å². The van der Waals surface area contributed by atoms with Crippen LogP contribution in [0, 0.1) is 5.92 Å². The van der Waals surface area contributed by atoms with Crippen molar-refractivity contribution >= 4 is 41.9 Å². The van der Waals surface area contributed by atoms with Crippen LogP contribution in [0.5, 0.6) is 0 Å². The first kappa shape index (κ1) is 16.5. The van der Waals surface area contributed by atoms with Crippen LogP contribution in [0.4, 0.5) is 0 Å². The molecule has 0 N–H and O–H groups in total. The molecule has 1 aromatic carbocycles. The summed E-state index contributed by atoms with van der Waals surface area (Å²) in [6.45, 7) is 2.23. The summed E-state index contributed by atoms with van der Waals surface area (Å²) in [4.78, 5) is 0.335. The highest BCUT2D eigenvalue weighted by Gasteiger charge is 2.31. The molecule has 0 unspecified atom stereocenters. The number of nitrogens with zero attached hydrogens (tertiary/aromatic N) is 1. The second-order valence-electron chi connectivity index (χ2n) is 5.51. The van der Waals surface area contributed by atoms with E-state index in [4.69, 9.17) is 0 Å². The second-order valence-corrected chi connectivity index (χ2v) is 9.25. The lowest BCUT2D eigenvalue weighted by molar-refractivity contribution is 0.246. The van der Waals surface area contributed by atoms with Crippen LogP contribution < -0.4 is 0 Å². The van der Waals surface area contributed by atoms with E-state index in [-0.39, 0.29) is 6.04 Å². The smallest absolute Gasteiger partial charge is 0.207 e. The zero-order valence-corrected chi connectivity index (χ0v) is 15.6. The molecule has 0 radical (unpaired) electrons. The number of halogens is 2. The lowest BCUT2D eigenvalue weighted by Gasteiger charge is -2.33. The molecule has 0 aliphatic heterocycles. The lowest BCUT2D eigenvalue weighted by atomic mass is 9.87. The molecule has 20 heavy (non-hydrogen) atoms. The first-order valence-corrected chi connectivity index (χ1v) is 9.78. The van der Waals surface area contributed by atoms with Crippen molar-refractivity contribution in [3.05, 3.63) is 27.1 Å². The van der Waals surface area contributed by atoms with Crippen LogP contribution in [0.25, 0.3) is 0 Å². The summed E-state index contributed by atoms with van der Waals surface area (Å²) < 4.78 is 28.5. The molecule has 0 heterocycles. The Hall–Kier alpha value is 0.0900. The summed E-state index contributed by atoms with van der Waals surface area (Å²) in [7, 11) is -1.74. The molecule has 0 saturated heterocycles. The molecule has 1 aliphatic rings. The van der Waals surface area contributed by atoms with Crippen molar-refractivity contribution in [2.45, 2.75) is 43.5 Å². The van der Waals surface area contributed by atoms with E-state index in [1.165, 1.54) is 0 Å². The number of benzene rings is 1. The Morgan fingerprint density at radius 2 is 1.75 bits per heavy atom. The minimum absolute atomic E-state index is 0.117. The molecule has 1 aromatic rings. The SMILES string of the molecule is CC1CCC(N(C)S(=O)(=O)c2ccc(Br)cc2Br)CC1. The van der Waals surface area contributed by atoms with Gasteiger partial charge in [0.15, 0.2) is 0 Å². The predicted molar refractivity (Wildman–Crippen MR) is 88.2 cm³/mol. The largest absolute Gasteiger partial charge is 0.244 e. The number of hydrogen-bond acceptors (Lipinski definition) is 2. The summed E-state index contributed by atoms with van der Waals surface area (Å²) in [5, 5.41) is 0. The third kappa shape index (κ3) is 3.46. The monoisotopic (exact) mass is 423 g/mol. The van der Waals surface area contributed by atoms with E-state index in [9.17, 15) is 8.42 Å². The first-order valence-electron chi connectivity index (χ1n) is 6.75. The summed E-state index contributed by atoms with van der Waals surface area (Å²) >= 11 is 6.69. The number of hydrogen-bond donors (Lipinski definition) is 0. The summed E-state index contributed by atoms with van der Waals surface area (Å²) in [5.41, 5.74) is 0. The van der Waals surface area contributed by atoms with Gasteiger partial charge in [-0.15, -0.1) is 0 Å². The molecule has 3 nitrogen and oxygen atoms in total. The Kier molecular flexibility index (Phi) is 5.32. The highest BCUT2D eigenvalue weighted by molar-refractivity contribution is 9.11. The fourth-order valence-electron chi connectivity index (χ4n) is 2.64. The maximum Gasteiger partial charge on any atom is 0.244 e. The Morgan fingerprint density at radius 1 is 1.15 bits per heavy atom. The van der Waals surface area contributed by atoms with Gasteiger partial charge in [0.25, 0.3) is 0 Å². The second kappa shape index (κ2) is 6.46. The van der Waals surface area contributed by atoms with Crippen LogP contribution in [0.15, 0.2) is 32.0 Å². The fraction of sp³-hybridized carbons (Fsp3) is 0.571. The van der Waals surface area contributed by atoms with E-state index in [1.54, 1.807) is 29.6 Å². The van der Waals surface area contributed by atoms with Crippen molar-refractivity contribution in [1.82, 2.24) is 4.31 Å². The number of rotatable bonds is 3. The zero-order chi connectivity index (χ0) is 14.9.